The van der Waals surface area contributed by atoms with Gasteiger partial charge in [0, 0.05) is 60.9 Å². The van der Waals surface area contributed by atoms with E-state index in [4.69, 9.17) is 4.37 Å². The third-order valence-corrected chi connectivity index (χ3v) is 17.2. The van der Waals surface area contributed by atoms with Crippen molar-refractivity contribution in [1.82, 2.24) is 4.37 Å². The van der Waals surface area contributed by atoms with E-state index in [9.17, 15) is 0 Å². The molecule has 5 heterocycles. The summed E-state index contributed by atoms with van der Waals surface area (Å²) in [5, 5.41) is 3.53. The molecule has 0 unspecified atom stereocenters. The fourth-order valence-corrected chi connectivity index (χ4v) is 13.6. The van der Waals surface area contributed by atoms with Crippen LogP contribution in [0, 0.1) is 13.8 Å². The summed E-state index contributed by atoms with van der Waals surface area (Å²) in [5.41, 5.74) is 11.8. The first kappa shape index (κ1) is 42.1. The Bertz CT molecular complexity index is 2550. The van der Waals surface area contributed by atoms with Crippen molar-refractivity contribution in [3.05, 3.63) is 124 Å². The Kier molecular flexibility index (Phi) is 14.5. The molecule has 8 rings (SSSR count). The number of aromatic nitrogens is 1. The molecule has 0 atom stereocenters. The van der Waals surface area contributed by atoms with Crippen molar-refractivity contribution in [3.63, 3.8) is 0 Å². The van der Waals surface area contributed by atoms with Gasteiger partial charge in [-0.3, -0.25) is 0 Å². The minimum absolute atomic E-state index is 1.12. The van der Waals surface area contributed by atoms with Crippen molar-refractivity contribution in [2.45, 2.75) is 118 Å². The Morgan fingerprint density at radius 2 is 0.949 bits per heavy atom. The Labute approximate surface area is 373 Å². The monoisotopic (exact) mass is 867 g/mol. The SMILES string of the molecule is CCCCCCCCc1cc(C)sc1-c1ccc(-c2ccc(-c3ccc(-c4sc(-c5ccc(-c6ccc(C)cc6)cc5)cc4CCCCCCCC)s3)c3nscc23)s1. The van der Waals surface area contributed by atoms with Gasteiger partial charge in [-0.25, -0.2) is 0 Å². The zero-order chi connectivity index (χ0) is 40.6. The number of aryl methyl sites for hydroxylation is 4. The summed E-state index contributed by atoms with van der Waals surface area (Å²) in [5.74, 6) is 0. The van der Waals surface area contributed by atoms with E-state index in [1.165, 1.54) is 172 Å². The van der Waals surface area contributed by atoms with Crippen molar-refractivity contribution >= 4 is 67.8 Å². The molecule has 0 amide bonds. The maximum atomic E-state index is 5.03. The molecule has 0 aliphatic rings. The van der Waals surface area contributed by atoms with Gasteiger partial charge in [-0.15, -0.1) is 45.3 Å². The Morgan fingerprint density at radius 1 is 0.441 bits per heavy atom. The molecular weight excluding hydrogens is 811 g/mol. The van der Waals surface area contributed by atoms with Gasteiger partial charge in [0.25, 0.3) is 0 Å². The molecule has 6 heteroatoms. The highest BCUT2D eigenvalue weighted by molar-refractivity contribution is 7.25. The molecular formula is C53H57NS5. The van der Waals surface area contributed by atoms with E-state index in [1.807, 2.05) is 45.3 Å². The van der Waals surface area contributed by atoms with Gasteiger partial charge in [0.05, 0.1) is 5.52 Å². The summed E-state index contributed by atoms with van der Waals surface area (Å²) in [4.78, 5) is 11.1. The minimum atomic E-state index is 1.12. The van der Waals surface area contributed by atoms with Crippen molar-refractivity contribution in [1.29, 1.82) is 0 Å². The second kappa shape index (κ2) is 20.3. The van der Waals surface area contributed by atoms with Crippen LogP contribution in [0.15, 0.2) is 102 Å². The topological polar surface area (TPSA) is 12.9 Å². The Hall–Kier alpha value is -3.65. The third kappa shape index (κ3) is 10.1. The quantitative estimate of drug-likeness (QED) is 0.0696. The van der Waals surface area contributed by atoms with Crippen LogP contribution in [0.4, 0.5) is 0 Å². The Morgan fingerprint density at radius 3 is 1.59 bits per heavy atom. The molecule has 304 valence electrons. The number of benzene rings is 3. The van der Waals surface area contributed by atoms with Crippen molar-refractivity contribution < 1.29 is 0 Å². The Balaban J connectivity index is 1.04. The maximum absolute atomic E-state index is 5.03. The van der Waals surface area contributed by atoms with Crippen LogP contribution < -0.4 is 0 Å². The molecule has 0 bridgehead atoms. The van der Waals surface area contributed by atoms with E-state index in [1.54, 1.807) is 11.5 Å². The molecule has 3 aromatic carbocycles. The summed E-state index contributed by atoms with van der Waals surface area (Å²) >= 11 is 9.38. The van der Waals surface area contributed by atoms with E-state index >= 15 is 0 Å². The van der Waals surface area contributed by atoms with Gasteiger partial charge in [-0.2, -0.15) is 4.37 Å². The number of unbranched alkanes of at least 4 members (excludes halogenated alkanes) is 10. The normalized spacial score (nSPS) is 11.7. The molecule has 0 radical (unpaired) electrons. The fraction of sp³-hybridized carbons (Fsp3) is 0.340. The second-order valence-corrected chi connectivity index (χ2v) is 21.3. The predicted octanol–water partition coefficient (Wildman–Crippen LogP) is 19.0. The van der Waals surface area contributed by atoms with Crippen LogP contribution in [0.5, 0.6) is 0 Å². The van der Waals surface area contributed by atoms with Gasteiger partial charge >= 0.3 is 0 Å². The number of hydrogen-bond donors (Lipinski definition) is 0. The van der Waals surface area contributed by atoms with Crippen LogP contribution >= 0.6 is 56.9 Å². The summed E-state index contributed by atoms with van der Waals surface area (Å²) < 4.78 is 5.03. The van der Waals surface area contributed by atoms with Crippen LogP contribution in [0.1, 0.15) is 112 Å². The molecule has 0 aliphatic heterocycles. The third-order valence-electron chi connectivity index (χ3n) is 11.6. The first-order valence-electron chi connectivity index (χ1n) is 22.0. The molecule has 1 nitrogen and oxygen atoms in total. The van der Waals surface area contributed by atoms with Gasteiger partial charge in [0.1, 0.15) is 0 Å². The van der Waals surface area contributed by atoms with Gasteiger partial charge in [0.2, 0.25) is 0 Å². The first-order chi connectivity index (χ1) is 29.0. The lowest BCUT2D eigenvalue weighted by Gasteiger charge is -2.05. The molecule has 0 saturated carbocycles. The van der Waals surface area contributed by atoms with Gasteiger partial charge < -0.3 is 0 Å². The highest BCUT2D eigenvalue weighted by Crippen LogP contribution is 2.47. The second-order valence-electron chi connectivity index (χ2n) is 16.2. The van der Waals surface area contributed by atoms with E-state index in [0.717, 1.165) is 11.9 Å². The average molecular weight is 868 g/mol. The molecule has 8 aromatic rings. The molecule has 0 fully saturated rings. The molecule has 0 aliphatic carbocycles. The zero-order valence-electron chi connectivity index (χ0n) is 35.2. The largest absolute Gasteiger partial charge is 0.192 e. The summed E-state index contributed by atoms with van der Waals surface area (Å²) in [6.45, 7) is 9.01. The first-order valence-corrected chi connectivity index (χ1v) is 26.1. The minimum Gasteiger partial charge on any atom is -0.192 e. The predicted molar refractivity (Wildman–Crippen MR) is 267 cm³/mol. The van der Waals surface area contributed by atoms with Gasteiger partial charge in [-0.05, 0) is 115 Å². The lowest BCUT2D eigenvalue weighted by molar-refractivity contribution is 0.608. The van der Waals surface area contributed by atoms with Crippen molar-refractivity contribution in [2.24, 2.45) is 0 Å². The van der Waals surface area contributed by atoms with E-state index in [-0.39, 0.29) is 0 Å². The summed E-state index contributed by atoms with van der Waals surface area (Å²) in [6, 6.07) is 37.1. The molecule has 59 heavy (non-hydrogen) atoms. The van der Waals surface area contributed by atoms with Crippen LogP contribution in [-0.2, 0) is 12.8 Å². The van der Waals surface area contributed by atoms with Gasteiger partial charge in [-0.1, -0.05) is 144 Å². The maximum Gasteiger partial charge on any atom is 0.0933 e. The van der Waals surface area contributed by atoms with Crippen LogP contribution in [-0.4, -0.2) is 4.37 Å². The lowest BCUT2D eigenvalue weighted by atomic mass is 10.0. The highest BCUT2D eigenvalue weighted by atomic mass is 32.1. The number of rotatable bonds is 20. The number of hydrogen-bond acceptors (Lipinski definition) is 6. The van der Waals surface area contributed by atoms with Crippen LogP contribution in [0.2, 0.25) is 0 Å². The van der Waals surface area contributed by atoms with Gasteiger partial charge in [0.15, 0.2) is 0 Å². The smallest absolute Gasteiger partial charge is 0.0933 e. The number of nitrogens with zero attached hydrogens (tertiary/aromatic N) is 1. The summed E-state index contributed by atoms with van der Waals surface area (Å²) in [7, 11) is 0. The van der Waals surface area contributed by atoms with Crippen molar-refractivity contribution in [3.8, 4) is 62.0 Å². The standard InChI is InChI=1S/C53H57NS5/c1-5-7-9-11-13-15-17-41-33-37(4)56-52(41)48-31-29-46(57-48)43-27-28-44(51-45(43)35-55-54-51)47-30-32-49(58-47)53-42(18-16-14-12-10-8-6-2)34-50(59-53)40-25-23-39(24-26-40)38-21-19-36(3)20-22-38/h19-35H,5-18H2,1-4H3. The number of thiophene rings is 4. The molecule has 0 N–H and O–H groups in total. The highest BCUT2D eigenvalue weighted by Gasteiger charge is 2.19. The van der Waals surface area contributed by atoms with Crippen molar-refractivity contribution in [2.75, 3.05) is 0 Å². The molecule has 5 aromatic heterocycles. The van der Waals surface area contributed by atoms with Crippen LogP contribution in [0.3, 0.4) is 0 Å². The average Bonchev–Trinajstić information content (AvgIpc) is 4.11. The summed E-state index contributed by atoms with van der Waals surface area (Å²) in [6.07, 6.45) is 18.2. The van der Waals surface area contributed by atoms with Crippen LogP contribution in [0.25, 0.3) is 72.9 Å². The van der Waals surface area contributed by atoms with E-state index in [0.29, 0.717) is 0 Å². The van der Waals surface area contributed by atoms with E-state index < -0.39 is 0 Å². The zero-order valence-corrected chi connectivity index (χ0v) is 39.3. The lowest BCUT2D eigenvalue weighted by Crippen LogP contribution is -1.86. The van der Waals surface area contributed by atoms with E-state index in [2.05, 4.69) is 130 Å². The molecule has 0 saturated heterocycles. The fourth-order valence-electron chi connectivity index (χ4n) is 8.27. The number of fused-ring (bicyclic) bond motifs is 1. The molecule has 0 spiro atoms.